The molecule has 3 rings (SSSR count). The standard InChI is InChI=1S/C25H26F2O5/c1-15(2)6-4-7-16(3)12-21-25(14-22(29)32-21)13-17(10-11-20(25)28)31-24(30)18-8-5-9-19(26)23(18)27/h5-6,8-12,17,21H,4,7,13-14H2,1-3H3/b16-12+/t17-,21-,25+/m1/s1. The van der Waals surface area contributed by atoms with Crippen molar-refractivity contribution in [3.63, 3.8) is 0 Å². The number of benzene rings is 1. The van der Waals surface area contributed by atoms with Gasteiger partial charge in [0.2, 0.25) is 0 Å². The molecule has 170 valence electrons. The summed E-state index contributed by atoms with van der Waals surface area (Å²) in [5.41, 5.74) is 0.442. The number of esters is 2. The van der Waals surface area contributed by atoms with E-state index in [0.29, 0.717) is 0 Å². The summed E-state index contributed by atoms with van der Waals surface area (Å²) in [5.74, 6) is -4.29. The molecule has 0 radical (unpaired) electrons. The molecule has 7 heteroatoms. The molecule has 0 amide bonds. The maximum Gasteiger partial charge on any atom is 0.341 e. The van der Waals surface area contributed by atoms with Crippen LogP contribution in [0, 0.1) is 17.0 Å². The lowest BCUT2D eigenvalue weighted by molar-refractivity contribution is -0.140. The fourth-order valence-corrected chi connectivity index (χ4v) is 4.03. The average Bonchev–Trinajstić information content (AvgIpc) is 3.01. The molecule has 1 fully saturated rings. The Hall–Kier alpha value is -3.09. The molecule has 5 nitrogen and oxygen atoms in total. The fraction of sp³-hybridized carbons (Fsp3) is 0.400. The van der Waals surface area contributed by atoms with Gasteiger partial charge in [0.15, 0.2) is 17.4 Å². The lowest BCUT2D eigenvalue weighted by Gasteiger charge is -2.34. The van der Waals surface area contributed by atoms with Gasteiger partial charge in [-0.15, -0.1) is 0 Å². The number of carbonyl (C=O) groups is 3. The minimum absolute atomic E-state index is 0.0131. The van der Waals surface area contributed by atoms with Crippen LogP contribution in [0.4, 0.5) is 8.78 Å². The molecular formula is C25H26F2O5. The second-order valence-corrected chi connectivity index (χ2v) is 8.55. The summed E-state index contributed by atoms with van der Waals surface area (Å²) in [7, 11) is 0. The normalized spacial score (nSPS) is 25.1. The van der Waals surface area contributed by atoms with E-state index in [2.05, 4.69) is 6.08 Å². The molecule has 3 atom stereocenters. The molecular weight excluding hydrogens is 418 g/mol. The Morgan fingerprint density at radius 1 is 1.25 bits per heavy atom. The van der Waals surface area contributed by atoms with Gasteiger partial charge in [-0.3, -0.25) is 9.59 Å². The molecule has 1 spiro atoms. The van der Waals surface area contributed by atoms with Crippen molar-refractivity contribution in [1.29, 1.82) is 0 Å². The molecule has 0 bridgehead atoms. The van der Waals surface area contributed by atoms with Crippen LogP contribution in [-0.2, 0) is 19.1 Å². The molecule has 1 aromatic rings. The van der Waals surface area contributed by atoms with Crippen LogP contribution in [0.25, 0.3) is 0 Å². The quantitative estimate of drug-likeness (QED) is 0.456. The summed E-state index contributed by atoms with van der Waals surface area (Å²) in [6.45, 7) is 5.93. The van der Waals surface area contributed by atoms with Gasteiger partial charge in [-0.05, 0) is 64.0 Å². The third-order valence-electron chi connectivity index (χ3n) is 5.74. The summed E-state index contributed by atoms with van der Waals surface area (Å²) in [6, 6.07) is 3.23. The highest BCUT2D eigenvalue weighted by Gasteiger charge is 2.55. The molecule has 0 unspecified atom stereocenters. The van der Waals surface area contributed by atoms with Crippen molar-refractivity contribution >= 4 is 17.7 Å². The van der Waals surface area contributed by atoms with Gasteiger partial charge in [0, 0.05) is 6.42 Å². The minimum Gasteiger partial charge on any atom is -0.457 e. The van der Waals surface area contributed by atoms with Gasteiger partial charge in [-0.1, -0.05) is 23.3 Å². The Bertz CT molecular complexity index is 1020. The van der Waals surface area contributed by atoms with E-state index in [0.717, 1.165) is 30.5 Å². The number of cyclic esters (lactones) is 1. The minimum atomic E-state index is -1.30. The summed E-state index contributed by atoms with van der Waals surface area (Å²) in [5, 5.41) is 0. The molecule has 2 aliphatic rings. The third kappa shape index (κ3) is 5.03. The van der Waals surface area contributed by atoms with Gasteiger partial charge < -0.3 is 9.47 Å². The molecule has 1 aliphatic heterocycles. The predicted octanol–water partition coefficient (Wildman–Crippen LogP) is 5.01. The van der Waals surface area contributed by atoms with Crippen LogP contribution >= 0.6 is 0 Å². The number of hydrogen-bond acceptors (Lipinski definition) is 5. The number of ether oxygens (including phenoxy) is 2. The first-order chi connectivity index (χ1) is 15.1. The zero-order chi connectivity index (χ0) is 23.5. The second-order valence-electron chi connectivity index (χ2n) is 8.55. The predicted molar refractivity (Wildman–Crippen MR) is 114 cm³/mol. The highest BCUT2D eigenvalue weighted by molar-refractivity contribution is 6.00. The Balaban J connectivity index is 1.79. The van der Waals surface area contributed by atoms with E-state index in [1.54, 1.807) is 6.08 Å². The van der Waals surface area contributed by atoms with Crippen LogP contribution in [-0.4, -0.2) is 29.9 Å². The van der Waals surface area contributed by atoms with Gasteiger partial charge in [-0.25, -0.2) is 13.6 Å². The van der Waals surface area contributed by atoms with Crippen molar-refractivity contribution in [3.05, 3.63) is 70.8 Å². The molecule has 1 saturated heterocycles. The maximum atomic E-state index is 13.9. The summed E-state index contributed by atoms with van der Waals surface area (Å²) < 4.78 is 38.2. The van der Waals surface area contributed by atoms with Gasteiger partial charge >= 0.3 is 11.9 Å². The Morgan fingerprint density at radius 2 is 2.00 bits per heavy atom. The maximum absolute atomic E-state index is 13.9. The van der Waals surface area contributed by atoms with Crippen molar-refractivity contribution in [3.8, 4) is 0 Å². The largest absolute Gasteiger partial charge is 0.457 e. The summed E-state index contributed by atoms with van der Waals surface area (Å²) in [4.78, 5) is 37.4. The van der Waals surface area contributed by atoms with Gasteiger partial charge in [0.05, 0.1) is 17.4 Å². The molecule has 0 aromatic heterocycles. The molecule has 1 heterocycles. The van der Waals surface area contributed by atoms with Crippen LogP contribution in [0.15, 0.2) is 53.6 Å². The second kappa shape index (κ2) is 9.59. The summed E-state index contributed by atoms with van der Waals surface area (Å²) in [6.07, 6.45) is 6.32. The highest BCUT2D eigenvalue weighted by atomic mass is 19.2. The zero-order valence-corrected chi connectivity index (χ0v) is 18.3. The lowest BCUT2D eigenvalue weighted by Crippen LogP contribution is -2.43. The first-order valence-electron chi connectivity index (χ1n) is 10.5. The average molecular weight is 444 g/mol. The van der Waals surface area contributed by atoms with Crippen molar-refractivity contribution in [2.45, 2.75) is 58.7 Å². The van der Waals surface area contributed by atoms with Gasteiger partial charge in [-0.2, -0.15) is 0 Å². The molecule has 1 aromatic carbocycles. The van der Waals surface area contributed by atoms with E-state index in [9.17, 15) is 23.2 Å². The van der Waals surface area contributed by atoms with E-state index in [1.807, 2.05) is 20.8 Å². The van der Waals surface area contributed by atoms with Crippen LogP contribution in [0.3, 0.4) is 0 Å². The van der Waals surface area contributed by atoms with E-state index < -0.39 is 46.8 Å². The van der Waals surface area contributed by atoms with E-state index in [1.165, 1.54) is 23.8 Å². The van der Waals surface area contributed by atoms with Crippen LogP contribution < -0.4 is 0 Å². The van der Waals surface area contributed by atoms with Crippen LogP contribution in [0.1, 0.15) is 56.8 Å². The van der Waals surface area contributed by atoms with Crippen LogP contribution in [0.2, 0.25) is 0 Å². The number of hydrogen-bond donors (Lipinski definition) is 0. The first-order valence-corrected chi connectivity index (χ1v) is 10.5. The Labute approximate surface area is 185 Å². The zero-order valence-electron chi connectivity index (χ0n) is 18.3. The molecule has 32 heavy (non-hydrogen) atoms. The van der Waals surface area contributed by atoms with Crippen molar-refractivity contribution in [2.75, 3.05) is 0 Å². The first kappa shape index (κ1) is 23.6. The molecule has 0 N–H and O–H groups in total. The molecule has 0 saturated carbocycles. The third-order valence-corrected chi connectivity index (χ3v) is 5.74. The van der Waals surface area contributed by atoms with E-state index >= 15 is 0 Å². The number of carbonyl (C=O) groups excluding carboxylic acids is 3. The molecule has 1 aliphatic carbocycles. The SMILES string of the molecule is CC(C)=CCC/C(C)=C/[C@H]1OC(=O)C[C@]12C[C@H](OC(=O)c1cccc(F)c1F)C=CC2=O. The number of halogens is 2. The lowest BCUT2D eigenvalue weighted by atomic mass is 9.69. The van der Waals surface area contributed by atoms with Crippen molar-refractivity contribution < 1.29 is 32.6 Å². The van der Waals surface area contributed by atoms with Gasteiger partial charge in [0.1, 0.15) is 12.2 Å². The van der Waals surface area contributed by atoms with Crippen molar-refractivity contribution in [2.24, 2.45) is 5.41 Å². The smallest absolute Gasteiger partial charge is 0.341 e. The topological polar surface area (TPSA) is 69.7 Å². The number of rotatable bonds is 6. The van der Waals surface area contributed by atoms with Crippen molar-refractivity contribution in [1.82, 2.24) is 0 Å². The van der Waals surface area contributed by atoms with E-state index in [4.69, 9.17) is 9.47 Å². The number of allylic oxidation sites excluding steroid dienone is 4. The fourth-order valence-electron chi connectivity index (χ4n) is 4.03. The highest BCUT2D eigenvalue weighted by Crippen LogP contribution is 2.45. The number of ketones is 1. The van der Waals surface area contributed by atoms with Gasteiger partial charge in [0.25, 0.3) is 0 Å². The Kier molecular flexibility index (Phi) is 7.06. The van der Waals surface area contributed by atoms with E-state index in [-0.39, 0.29) is 18.6 Å². The Morgan fingerprint density at radius 3 is 2.72 bits per heavy atom. The monoisotopic (exact) mass is 444 g/mol. The summed E-state index contributed by atoms with van der Waals surface area (Å²) >= 11 is 0. The van der Waals surface area contributed by atoms with Crippen LogP contribution in [0.5, 0.6) is 0 Å².